The fourth-order valence-corrected chi connectivity index (χ4v) is 2.78. The molecule has 2 aliphatic carbocycles. The van der Waals surface area contributed by atoms with E-state index in [1.165, 1.54) is 31.3 Å². The molecule has 3 atom stereocenters. The van der Waals surface area contributed by atoms with Crippen molar-refractivity contribution in [2.45, 2.75) is 32.6 Å². The monoisotopic (exact) mass is 136 g/mol. The van der Waals surface area contributed by atoms with Crippen LogP contribution in [-0.4, -0.2) is 0 Å². The van der Waals surface area contributed by atoms with Gasteiger partial charge >= 0.3 is 0 Å². The van der Waals surface area contributed by atoms with Crippen molar-refractivity contribution in [1.82, 2.24) is 0 Å². The van der Waals surface area contributed by atoms with Gasteiger partial charge in [-0.15, -0.1) is 0 Å². The predicted molar refractivity (Wildman–Crippen MR) is 43.8 cm³/mol. The molecule has 3 unspecified atom stereocenters. The fraction of sp³-hybridized carbons (Fsp3) is 0.800. The van der Waals surface area contributed by atoms with E-state index in [1.807, 2.05) is 0 Å². The predicted octanol–water partition coefficient (Wildman–Crippen LogP) is 3.00. The molecule has 0 aromatic carbocycles. The van der Waals surface area contributed by atoms with Crippen LogP contribution in [0, 0.1) is 17.8 Å². The first-order chi connectivity index (χ1) is 4.77. The van der Waals surface area contributed by atoms with E-state index in [-0.39, 0.29) is 0 Å². The molecule has 2 rings (SSSR count). The Bertz CT molecular complexity index is 157. The lowest BCUT2D eigenvalue weighted by Crippen LogP contribution is -2.04. The van der Waals surface area contributed by atoms with Crippen molar-refractivity contribution in [2.75, 3.05) is 0 Å². The molecule has 2 saturated carbocycles. The first-order valence-corrected chi connectivity index (χ1v) is 4.44. The molecule has 0 saturated heterocycles. The van der Waals surface area contributed by atoms with Crippen molar-refractivity contribution in [3.63, 3.8) is 0 Å². The molecule has 0 heterocycles. The summed E-state index contributed by atoms with van der Waals surface area (Å²) in [5, 5.41) is 0. The molecular formula is C10H16. The van der Waals surface area contributed by atoms with E-state index in [4.69, 9.17) is 0 Å². The maximum absolute atomic E-state index is 4.07. The second-order valence-electron chi connectivity index (χ2n) is 4.14. The molecule has 0 N–H and O–H groups in total. The average molecular weight is 136 g/mol. The second kappa shape index (κ2) is 2.11. The summed E-state index contributed by atoms with van der Waals surface area (Å²) in [5.74, 6) is 3.04. The Morgan fingerprint density at radius 2 is 2.10 bits per heavy atom. The zero-order chi connectivity index (χ0) is 7.14. The lowest BCUT2D eigenvalue weighted by molar-refractivity contribution is 0.378. The minimum Gasteiger partial charge on any atom is -0.0998 e. The molecule has 0 radical (unpaired) electrons. The number of hydrogen-bond donors (Lipinski definition) is 0. The summed E-state index contributed by atoms with van der Waals surface area (Å²) < 4.78 is 0. The van der Waals surface area contributed by atoms with Crippen LogP contribution in [-0.2, 0) is 0 Å². The Labute approximate surface area is 63.3 Å². The molecule has 2 aliphatic rings. The van der Waals surface area contributed by atoms with Gasteiger partial charge in [0.25, 0.3) is 0 Å². The SMILES string of the molecule is C=C1CC2CCC(C)C2C1. The molecule has 56 valence electrons. The Morgan fingerprint density at radius 1 is 1.30 bits per heavy atom. The molecule has 0 spiro atoms. The number of fused-ring (bicyclic) bond motifs is 1. The van der Waals surface area contributed by atoms with Crippen LogP contribution < -0.4 is 0 Å². The largest absolute Gasteiger partial charge is 0.0998 e. The highest BCUT2D eigenvalue weighted by Crippen LogP contribution is 2.48. The van der Waals surface area contributed by atoms with Crippen molar-refractivity contribution in [2.24, 2.45) is 17.8 Å². The average Bonchev–Trinajstić information content (AvgIpc) is 2.35. The van der Waals surface area contributed by atoms with Gasteiger partial charge < -0.3 is 0 Å². The molecule has 0 aliphatic heterocycles. The van der Waals surface area contributed by atoms with Crippen LogP contribution in [0.1, 0.15) is 32.6 Å². The summed E-state index contributed by atoms with van der Waals surface area (Å²) in [5.41, 5.74) is 1.52. The van der Waals surface area contributed by atoms with Crippen molar-refractivity contribution >= 4 is 0 Å². The van der Waals surface area contributed by atoms with Crippen molar-refractivity contribution in [3.8, 4) is 0 Å². The summed E-state index contributed by atoms with van der Waals surface area (Å²) in [6, 6.07) is 0. The number of rotatable bonds is 0. The van der Waals surface area contributed by atoms with Crippen molar-refractivity contribution in [1.29, 1.82) is 0 Å². The molecule has 0 aromatic rings. The maximum Gasteiger partial charge on any atom is -0.0289 e. The highest BCUT2D eigenvalue weighted by Gasteiger charge is 2.37. The molecule has 2 fully saturated rings. The van der Waals surface area contributed by atoms with Crippen LogP contribution in [0.25, 0.3) is 0 Å². The Balaban J connectivity index is 2.12. The number of hydrogen-bond acceptors (Lipinski definition) is 0. The standard InChI is InChI=1S/C10H16/c1-7-5-9-4-3-8(2)10(9)6-7/h8-10H,1,3-6H2,2H3. The van der Waals surface area contributed by atoms with Gasteiger partial charge in [0, 0.05) is 0 Å². The zero-order valence-electron chi connectivity index (χ0n) is 6.77. The van der Waals surface area contributed by atoms with Crippen LogP contribution in [0.2, 0.25) is 0 Å². The van der Waals surface area contributed by atoms with E-state index in [9.17, 15) is 0 Å². The van der Waals surface area contributed by atoms with Crippen molar-refractivity contribution < 1.29 is 0 Å². The lowest BCUT2D eigenvalue weighted by Gasteiger charge is -2.11. The van der Waals surface area contributed by atoms with Crippen LogP contribution in [0.3, 0.4) is 0 Å². The third kappa shape index (κ3) is 0.817. The van der Waals surface area contributed by atoms with Gasteiger partial charge in [-0.3, -0.25) is 0 Å². The van der Waals surface area contributed by atoms with Gasteiger partial charge in [-0.2, -0.15) is 0 Å². The zero-order valence-corrected chi connectivity index (χ0v) is 6.77. The summed E-state index contributed by atoms with van der Waals surface area (Å²) in [7, 11) is 0. The van der Waals surface area contributed by atoms with Crippen LogP contribution in [0.5, 0.6) is 0 Å². The minimum atomic E-state index is 0.990. The molecule has 0 heteroatoms. The summed E-state index contributed by atoms with van der Waals surface area (Å²) >= 11 is 0. The van der Waals surface area contributed by atoms with Gasteiger partial charge in [-0.05, 0) is 37.0 Å². The van der Waals surface area contributed by atoms with E-state index >= 15 is 0 Å². The molecule has 0 amide bonds. The molecule has 0 nitrogen and oxygen atoms in total. The van der Waals surface area contributed by atoms with Gasteiger partial charge in [0.1, 0.15) is 0 Å². The van der Waals surface area contributed by atoms with Gasteiger partial charge in [0.15, 0.2) is 0 Å². The van der Waals surface area contributed by atoms with E-state index in [2.05, 4.69) is 13.5 Å². The summed E-state index contributed by atoms with van der Waals surface area (Å²) in [4.78, 5) is 0. The minimum absolute atomic E-state index is 0.990. The summed E-state index contributed by atoms with van der Waals surface area (Å²) in [6.45, 7) is 6.48. The Hall–Kier alpha value is -0.260. The van der Waals surface area contributed by atoms with Crippen LogP contribution in [0.15, 0.2) is 12.2 Å². The van der Waals surface area contributed by atoms with Gasteiger partial charge in [0.2, 0.25) is 0 Å². The van der Waals surface area contributed by atoms with E-state index in [0.717, 1.165) is 17.8 Å². The first kappa shape index (κ1) is 6.45. The third-order valence-electron chi connectivity index (χ3n) is 3.40. The van der Waals surface area contributed by atoms with Crippen LogP contribution in [0.4, 0.5) is 0 Å². The first-order valence-electron chi connectivity index (χ1n) is 4.44. The van der Waals surface area contributed by atoms with E-state index in [1.54, 1.807) is 0 Å². The number of allylic oxidation sites excluding steroid dienone is 1. The molecule has 0 bridgehead atoms. The molecule has 10 heavy (non-hydrogen) atoms. The summed E-state index contributed by atoms with van der Waals surface area (Å²) in [6.07, 6.45) is 5.63. The van der Waals surface area contributed by atoms with E-state index in [0.29, 0.717) is 0 Å². The highest BCUT2D eigenvalue weighted by atomic mass is 14.4. The quantitative estimate of drug-likeness (QED) is 0.449. The van der Waals surface area contributed by atoms with Crippen molar-refractivity contribution in [3.05, 3.63) is 12.2 Å². The Morgan fingerprint density at radius 3 is 2.80 bits per heavy atom. The topological polar surface area (TPSA) is 0 Å². The lowest BCUT2D eigenvalue weighted by atomic mass is 9.94. The smallest absolute Gasteiger partial charge is 0.0289 e. The fourth-order valence-electron chi connectivity index (χ4n) is 2.78. The second-order valence-corrected chi connectivity index (χ2v) is 4.14. The van der Waals surface area contributed by atoms with Gasteiger partial charge in [-0.25, -0.2) is 0 Å². The van der Waals surface area contributed by atoms with Gasteiger partial charge in [-0.1, -0.05) is 25.5 Å². The Kier molecular flexibility index (Phi) is 1.36. The highest BCUT2D eigenvalue weighted by molar-refractivity contribution is 5.08. The van der Waals surface area contributed by atoms with Crippen LogP contribution >= 0.6 is 0 Å². The normalized spacial score (nSPS) is 46.1. The molecular weight excluding hydrogens is 120 g/mol. The van der Waals surface area contributed by atoms with E-state index < -0.39 is 0 Å². The van der Waals surface area contributed by atoms with Gasteiger partial charge in [0.05, 0.1) is 0 Å². The molecule has 0 aromatic heterocycles. The maximum atomic E-state index is 4.07. The third-order valence-corrected chi connectivity index (χ3v) is 3.40.